The first-order valence-electron chi connectivity index (χ1n) is 15.6. The molecule has 0 atom stereocenters. The van der Waals surface area contributed by atoms with Crippen molar-refractivity contribution < 1.29 is 14.3 Å². The minimum Gasteiger partial charge on any atom is -0.497 e. The molecule has 0 saturated heterocycles. The van der Waals surface area contributed by atoms with E-state index >= 15 is 0 Å². The lowest BCUT2D eigenvalue weighted by molar-refractivity contribution is 0.262. The smallest absolute Gasteiger partial charge is 0.324 e. The fraction of sp³-hybridized carbons (Fsp3) is 0.216. The van der Waals surface area contributed by atoms with Crippen LogP contribution in [0.15, 0.2) is 91.3 Å². The van der Waals surface area contributed by atoms with Crippen LogP contribution >= 0.6 is 0 Å². The molecule has 0 saturated carbocycles. The summed E-state index contributed by atoms with van der Waals surface area (Å²) in [6.07, 6.45) is 3.41. The Hall–Kier alpha value is -5.97. The van der Waals surface area contributed by atoms with Crippen LogP contribution in [-0.4, -0.2) is 37.9 Å². The highest BCUT2D eigenvalue weighted by Gasteiger charge is 2.22. The molecule has 0 aliphatic carbocycles. The van der Waals surface area contributed by atoms with Gasteiger partial charge in [-0.3, -0.25) is 10.3 Å². The molecule has 0 aliphatic rings. The van der Waals surface area contributed by atoms with E-state index in [4.69, 9.17) is 14.6 Å². The van der Waals surface area contributed by atoms with Crippen LogP contribution in [-0.2, 0) is 12.0 Å². The number of aromatic nitrogens is 5. The second-order valence-electron chi connectivity index (χ2n) is 12.4. The van der Waals surface area contributed by atoms with Crippen LogP contribution < -0.4 is 25.4 Å². The van der Waals surface area contributed by atoms with Gasteiger partial charge in [-0.05, 0) is 55.8 Å². The Morgan fingerprint density at radius 1 is 0.854 bits per heavy atom. The lowest BCUT2D eigenvalue weighted by Gasteiger charge is -2.15. The summed E-state index contributed by atoms with van der Waals surface area (Å²) in [6.45, 7) is 10.4. The van der Waals surface area contributed by atoms with E-state index in [1.807, 2.05) is 92.7 Å². The van der Waals surface area contributed by atoms with E-state index in [-0.39, 0.29) is 5.41 Å². The Bertz CT molecular complexity index is 2100. The highest BCUT2D eigenvalue weighted by molar-refractivity contribution is 6.07. The third-order valence-corrected chi connectivity index (χ3v) is 7.82. The van der Waals surface area contributed by atoms with Crippen molar-refractivity contribution >= 4 is 39.9 Å². The first-order valence-corrected chi connectivity index (χ1v) is 15.6. The number of hydrogen-bond donors (Lipinski definition) is 3. The number of amides is 2. The molecule has 3 N–H and O–H groups in total. The Balaban J connectivity index is 1.19. The Labute approximate surface area is 279 Å². The molecule has 3 aromatic carbocycles. The molecule has 11 heteroatoms. The number of rotatable bonds is 9. The average Bonchev–Trinajstić information content (AvgIpc) is 3.51. The monoisotopic (exact) mass is 642 g/mol. The summed E-state index contributed by atoms with van der Waals surface area (Å²) < 4.78 is 13.4. The molecule has 3 aromatic heterocycles. The lowest BCUT2D eigenvalue weighted by atomic mass is 9.92. The van der Waals surface area contributed by atoms with Gasteiger partial charge < -0.3 is 20.1 Å². The van der Waals surface area contributed by atoms with Crippen LogP contribution in [0.5, 0.6) is 11.5 Å². The summed E-state index contributed by atoms with van der Waals surface area (Å²) in [5.41, 5.74) is 4.69. The Morgan fingerprint density at radius 2 is 1.67 bits per heavy atom. The number of carbonyl (C=O) groups excluding carboxylic acids is 1. The number of fused-ring (bicyclic) bond motifs is 1. The van der Waals surface area contributed by atoms with Crippen molar-refractivity contribution in [1.29, 1.82) is 0 Å². The predicted octanol–water partition coefficient (Wildman–Crippen LogP) is 8.10. The summed E-state index contributed by atoms with van der Waals surface area (Å²) in [7, 11) is 1.62. The molecule has 0 fully saturated rings. The number of methoxy groups -OCH3 is 1. The molecule has 0 bridgehead atoms. The van der Waals surface area contributed by atoms with Gasteiger partial charge in [0.15, 0.2) is 0 Å². The maximum Gasteiger partial charge on any atom is 0.324 e. The molecule has 0 unspecified atom stereocenters. The Kier molecular flexibility index (Phi) is 8.93. The van der Waals surface area contributed by atoms with Crippen LogP contribution in [0.3, 0.4) is 0 Å². The zero-order chi connectivity index (χ0) is 33.8. The summed E-state index contributed by atoms with van der Waals surface area (Å²) in [4.78, 5) is 26.7. The second-order valence-corrected chi connectivity index (χ2v) is 12.4. The third-order valence-electron chi connectivity index (χ3n) is 7.82. The fourth-order valence-corrected chi connectivity index (χ4v) is 5.08. The maximum absolute atomic E-state index is 13.4. The van der Waals surface area contributed by atoms with Crippen molar-refractivity contribution in [2.45, 2.75) is 46.6 Å². The van der Waals surface area contributed by atoms with Crippen molar-refractivity contribution in [3.8, 4) is 17.2 Å². The van der Waals surface area contributed by atoms with Crippen LogP contribution in [0.25, 0.3) is 16.5 Å². The minimum atomic E-state index is -0.399. The molecule has 244 valence electrons. The van der Waals surface area contributed by atoms with Crippen LogP contribution in [0.4, 0.5) is 27.9 Å². The number of ether oxygens (including phenoxy) is 2. The fourth-order valence-electron chi connectivity index (χ4n) is 5.08. The first-order chi connectivity index (χ1) is 23.1. The zero-order valence-electron chi connectivity index (χ0n) is 27.8. The van der Waals surface area contributed by atoms with E-state index in [0.717, 1.165) is 39.1 Å². The largest absolute Gasteiger partial charge is 0.497 e. The molecule has 2 amide bonds. The summed E-state index contributed by atoms with van der Waals surface area (Å²) in [5.74, 6) is 3.19. The van der Waals surface area contributed by atoms with Gasteiger partial charge in [-0.1, -0.05) is 51.1 Å². The van der Waals surface area contributed by atoms with E-state index in [1.54, 1.807) is 24.2 Å². The van der Waals surface area contributed by atoms with Gasteiger partial charge in [0.05, 0.1) is 41.8 Å². The SMILES string of the molecule is COc1cccc(-n2nc(C(C)(C)C)cc2NC(=O)Nc2ccc(OCc3ccnc(Nc4cnc(C)c(C)n4)c3)c3ccccc23)c1. The predicted molar refractivity (Wildman–Crippen MR) is 189 cm³/mol. The van der Waals surface area contributed by atoms with E-state index in [2.05, 4.69) is 51.7 Å². The van der Waals surface area contributed by atoms with Crippen molar-refractivity contribution in [3.63, 3.8) is 0 Å². The maximum atomic E-state index is 13.4. The van der Waals surface area contributed by atoms with Crippen LogP contribution in [0, 0.1) is 13.8 Å². The number of nitrogens with zero attached hydrogens (tertiary/aromatic N) is 5. The van der Waals surface area contributed by atoms with Crippen molar-refractivity contribution in [1.82, 2.24) is 24.7 Å². The van der Waals surface area contributed by atoms with Gasteiger partial charge in [-0.15, -0.1) is 0 Å². The molecule has 11 nitrogen and oxygen atoms in total. The third kappa shape index (κ3) is 7.20. The molecular weight excluding hydrogens is 604 g/mol. The van der Waals surface area contributed by atoms with Crippen molar-refractivity contribution in [2.75, 3.05) is 23.1 Å². The average molecular weight is 643 g/mol. The normalized spacial score (nSPS) is 11.3. The molecule has 48 heavy (non-hydrogen) atoms. The van der Waals surface area contributed by atoms with E-state index < -0.39 is 6.03 Å². The standard InChI is InChI=1S/C37H38N8O3/c1-23-24(2)40-34(21-39-23)42-33-18-25(16-17-38-33)22-48-31-15-14-30(28-12-7-8-13-29(28)31)41-36(46)43-35-20-32(37(3,4)5)44-45(35)26-10-9-11-27(19-26)47-6/h7-21H,22H2,1-6H3,(H,38,40,42)(H2,41,43,46). The number of carbonyl (C=O) groups is 1. The van der Waals surface area contributed by atoms with Gasteiger partial charge in [-0.25, -0.2) is 19.4 Å². The van der Waals surface area contributed by atoms with Gasteiger partial charge in [0.25, 0.3) is 0 Å². The van der Waals surface area contributed by atoms with E-state index in [9.17, 15) is 4.79 Å². The van der Waals surface area contributed by atoms with Crippen molar-refractivity contribution in [2.24, 2.45) is 0 Å². The number of anilines is 4. The molecular formula is C37H38N8O3. The van der Waals surface area contributed by atoms with E-state index in [0.29, 0.717) is 41.2 Å². The number of benzene rings is 3. The zero-order valence-corrected chi connectivity index (χ0v) is 27.8. The number of pyridine rings is 1. The van der Waals surface area contributed by atoms with Crippen molar-refractivity contribution in [3.05, 3.63) is 114 Å². The number of hydrogen-bond acceptors (Lipinski definition) is 8. The van der Waals surface area contributed by atoms with Gasteiger partial charge >= 0.3 is 6.03 Å². The van der Waals surface area contributed by atoms with Crippen LogP contribution in [0.2, 0.25) is 0 Å². The quantitative estimate of drug-likeness (QED) is 0.144. The molecule has 0 radical (unpaired) electrons. The Morgan fingerprint density at radius 3 is 2.44 bits per heavy atom. The highest BCUT2D eigenvalue weighted by Crippen LogP contribution is 2.33. The van der Waals surface area contributed by atoms with Gasteiger partial charge in [-0.2, -0.15) is 5.10 Å². The summed E-state index contributed by atoms with van der Waals surface area (Å²) in [5, 5.41) is 15.8. The van der Waals surface area contributed by atoms with E-state index in [1.165, 1.54) is 0 Å². The molecule has 6 rings (SSSR count). The van der Waals surface area contributed by atoms with Gasteiger partial charge in [0.2, 0.25) is 0 Å². The summed E-state index contributed by atoms with van der Waals surface area (Å²) in [6, 6.07) is 24.4. The molecule has 0 aliphatic heterocycles. The minimum absolute atomic E-state index is 0.230. The van der Waals surface area contributed by atoms with Crippen LogP contribution in [0.1, 0.15) is 43.4 Å². The summed E-state index contributed by atoms with van der Waals surface area (Å²) >= 11 is 0. The van der Waals surface area contributed by atoms with Gasteiger partial charge in [0.1, 0.15) is 35.6 Å². The molecule has 6 aromatic rings. The highest BCUT2D eigenvalue weighted by atomic mass is 16.5. The first kappa shape index (κ1) is 32.0. The number of urea groups is 1. The molecule has 3 heterocycles. The second kappa shape index (κ2) is 13.4. The molecule has 0 spiro atoms. The topological polar surface area (TPSA) is 128 Å². The number of aryl methyl sites for hydroxylation is 2. The number of nitrogens with one attached hydrogen (secondary N) is 3. The lowest BCUT2D eigenvalue weighted by Crippen LogP contribution is -2.21. The van der Waals surface area contributed by atoms with Gasteiger partial charge in [0, 0.05) is 34.5 Å².